The summed E-state index contributed by atoms with van der Waals surface area (Å²) in [6, 6.07) is 9.94. The average Bonchev–Trinajstić information content (AvgIpc) is 2.91. The van der Waals surface area contributed by atoms with Crippen molar-refractivity contribution in [3.05, 3.63) is 51.5 Å². The zero-order chi connectivity index (χ0) is 18.1. The number of nitrogens with one attached hydrogen (secondary N) is 2. The second kappa shape index (κ2) is 10.3. The van der Waals surface area contributed by atoms with Gasteiger partial charge in [0, 0.05) is 40.3 Å². The molecule has 0 aliphatic carbocycles. The van der Waals surface area contributed by atoms with E-state index in [1.54, 1.807) is 11.3 Å². The maximum absolute atomic E-state index is 12.2. The van der Waals surface area contributed by atoms with Crippen LogP contribution in [-0.2, 0) is 23.1 Å². The van der Waals surface area contributed by atoms with Gasteiger partial charge in [0.2, 0.25) is 0 Å². The first kappa shape index (κ1) is 19.6. The van der Waals surface area contributed by atoms with E-state index >= 15 is 0 Å². The smallest absolute Gasteiger partial charge is 0.191 e. The maximum atomic E-state index is 12.2. The highest BCUT2D eigenvalue weighted by molar-refractivity contribution is 7.84. The van der Waals surface area contributed by atoms with Crippen molar-refractivity contribution in [1.29, 1.82) is 0 Å². The summed E-state index contributed by atoms with van der Waals surface area (Å²) in [6.07, 6.45) is 0. The van der Waals surface area contributed by atoms with Gasteiger partial charge in [0.1, 0.15) is 5.01 Å². The highest BCUT2D eigenvalue weighted by Gasteiger charge is 2.05. The number of hydrogen-bond acceptors (Lipinski definition) is 4. The lowest BCUT2D eigenvalue weighted by Crippen LogP contribution is -2.39. The summed E-state index contributed by atoms with van der Waals surface area (Å²) >= 11 is 1.68. The van der Waals surface area contributed by atoms with Gasteiger partial charge in [0.05, 0.1) is 12.2 Å². The molecule has 2 aromatic rings. The van der Waals surface area contributed by atoms with E-state index in [0.717, 1.165) is 28.8 Å². The lowest BCUT2D eigenvalue weighted by Gasteiger charge is -2.10. The zero-order valence-corrected chi connectivity index (χ0v) is 16.7. The van der Waals surface area contributed by atoms with Crippen LogP contribution in [0, 0.1) is 13.8 Å². The van der Waals surface area contributed by atoms with E-state index < -0.39 is 10.8 Å². The molecule has 0 amide bonds. The Labute approximate surface area is 156 Å². The third kappa shape index (κ3) is 6.96. The molecule has 0 spiro atoms. The number of hydrogen-bond donors (Lipinski definition) is 2. The molecule has 136 valence electrons. The van der Waals surface area contributed by atoms with Crippen LogP contribution < -0.4 is 10.6 Å². The van der Waals surface area contributed by atoms with Crippen molar-refractivity contribution in [2.75, 3.05) is 18.8 Å². The number of nitrogens with zero attached hydrogens (tertiary/aromatic N) is 2. The van der Waals surface area contributed by atoms with Crippen molar-refractivity contribution < 1.29 is 4.21 Å². The fourth-order valence-electron chi connectivity index (χ4n) is 2.21. The third-order valence-electron chi connectivity index (χ3n) is 3.58. The number of aromatic nitrogens is 1. The van der Waals surface area contributed by atoms with Crippen LogP contribution in [0.1, 0.15) is 28.1 Å². The van der Waals surface area contributed by atoms with Gasteiger partial charge < -0.3 is 10.6 Å². The number of benzene rings is 1. The van der Waals surface area contributed by atoms with E-state index in [-0.39, 0.29) is 0 Å². The van der Waals surface area contributed by atoms with Crippen LogP contribution >= 0.6 is 11.3 Å². The molecule has 25 heavy (non-hydrogen) atoms. The van der Waals surface area contributed by atoms with Crippen LogP contribution in [0.25, 0.3) is 0 Å². The van der Waals surface area contributed by atoms with Crippen LogP contribution in [0.4, 0.5) is 0 Å². The van der Waals surface area contributed by atoms with E-state index in [1.165, 1.54) is 4.88 Å². The van der Waals surface area contributed by atoms with Crippen LogP contribution in [0.15, 0.2) is 35.3 Å². The van der Waals surface area contributed by atoms with Gasteiger partial charge in [-0.05, 0) is 26.3 Å². The van der Waals surface area contributed by atoms with Gasteiger partial charge in [-0.3, -0.25) is 4.21 Å². The molecule has 2 rings (SSSR count). The van der Waals surface area contributed by atoms with E-state index in [0.29, 0.717) is 24.6 Å². The number of thiazole rings is 1. The van der Waals surface area contributed by atoms with Gasteiger partial charge >= 0.3 is 0 Å². The molecular formula is C18H26N4OS2. The van der Waals surface area contributed by atoms with E-state index in [2.05, 4.69) is 27.5 Å². The molecule has 5 nitrogen and oxygen atoms in total. The van der Waals surface area contributed by atoms with E-state index in [4.69, 9.17) is 0 Å². The fraction of sp³-hybridized carbons (Fsp3) is 0.444. The summed E-state index contributed by atoms with van der Waals surface area (Å²) in [5.74, 6) is 1.92. The van der Waals surface area contributed by atoms with Crippen molar-refractivity contribution in [2.24, 2.45) is 4.99 Å². The van der Waals surface area contributed by atoms with Crippen molar-refractivity contribution in [1.82, 2.24) is 15.6 Å². The molecule has 1 unspecified atom stereocenters. The number of rotatable bonds is 8. The highest BCUT2D eigenvalue weighted by Crippen LogP contribution is 2.16. The first-order chi connectivity index (χ1) is 12.1. The Balaban J connectivity index is 1.80. The van der Waals surface area contributed by atoms with Gasteiger partial charge in [-0.15, -0.1) is 11.3 Å². The molecule has 0 fully saturated rings. The average molecular weight is 379 g/mol. The molecule has 0 bridgehead atoms. The van der Waals surface area contributed by atoms with Crippen LogP contribution in [0.3, 0.4) is 0 Å². The summed E-state index contributed by atoms with van der Waals surface area (Å²) in [5.41, 5.74) is 2.18. The molecule has 1 aromatic carbocycles. The van der Waals surface area contributed by atoms with Crippen molar-refractivity contribution in [3.8, 4) is 0 Å². The first-order valence-electron chi connectivity index (χ1n) is 8.42. The number of aryl methyl sites for hydroxylation is 2. The van der Waals surface area contributed by atoms with Crippen molar-refractivity contribution in [3.63, 3.8) is 0 Å². The van der Waals surface area contributed by atoms with Crippen molar-refractivity contribution in [2.45, 2.75) is 33.1 Å². The SMILES string of the molecule is CCNC(=NCc1nc(C)c(C)s1)NCCS(=O)Cc1ccccc1. The summed E-state index contributed by atoms with van der Waals surface area (Å²) in [7, 11) is -0.887. The maximum Gasteiger partial charge on any atom is 0.191 e. The standard InChI is InChI=1S/C18H26N4OS2/c1-4-19-18(21-12-17-22-14(2)15(3)24-17)20-10-11-25(23)13-16-8-6-5-7-9-16/h5-9H,4,10-13H2,1-3H3,(H2,19,20,21). The Morgan fingerprint density at radius 1 is 1.24 bits per heavy atom. The van der Waals surface area contributed by atoms with Crippen LogP contribution in [0.2, 0.25) is 0 Å². The van der Waals surface area contributed by atoms with Crippen molar-refractivity contribution >= 4 is 28.1 Å². The van der Waals surface area contributed by atoms with Gasteiger partial charge in [-0.1, -0.05) is 30.3 Å². The lowest BCUT2D eigenvalue weighted by molar-refractivity contribution is 0.680. The molecule has 1 aromatic heterocycles. The molecule has 7 heteroatoms. The van der Waals surface area contributed by atoms with E-state index in [9.17, 15) is 4.21 Å². The molecule has 1 atom stereocenters. The Kier molecular flexibility index (Phi) is 8.08. The lowest BCUT2D eigenvalue weighted by atomic mass is 10.2. The van der Waals surface area contributed by atoms with Gasteiger partial charge in [-0.2, -0.15) is 0 Å². The first-order valence-corrected chi connectivity index (χ1v) is 10.7. The second-order valence-electron chi connectivity index (χ2n) is 5.65. The summed E-state index contributed by atoms with van der Waals surface area (Å²) < 4.78 is 12.2. The Bertz CT molecular complexity index is 694. The van der Waals surface area contributed by atoms with Gasteiger partial charge in [-0.25, -0.2) is 9.98 Å². The second-order valence-corrected chi connectivity index (χ2v) is 8.51. The Morgan fingerprint density at radius 3 is 2.64 bits per heavy atom. The van der Waals surface area contributed by atoms with Gasteiger partial charge in [0.15, 0.2) is 5.96 Å². The molecule has 1 heterocycles. The van der Waals surface area contributed by atoms with Crippen LogP contribution in [0.5, 0.6) is 0 Å². The normalized spacial score (nSPS) is 12.8. The molecule has 0 saturated carbocycles. The minimum atomic E-state index is -0.887. The minimum Gasteiger partial charge on any atom is -0.357 e. The Hall–Kier alpha value is -1.73. The quantitative estimate of drug-likeness (QED) is 0.548. The number of aliphatic imine (C=N–C) groups is 1. The minimum absolute atomic E-state index is 0.557. The fourth-order valence-corrected chi connectivity index (χ4v) is 4.11. The largest absolute Gasteiger partial charge is 0.357 e. The summed E-state index contributed by atoms with van der Waals surface area (Å²) in [6.45, 7) is 8.09. The van der Waals surface area contributed by atoms with E-state index in [1.807, 2.05) is 44.2 Å². The number of guanidine groups is 1. The molecule has 0 aliphatic heterocycles. The zero-order valence-electron chi connectivity index (χ0n) is 15.0. The molecule has 2 N–H and O–H groups in total. The monoisotopic (exact) mass is 378 g/mol. The topological polar surface area (TPSA) is 66.4 Å². The van der Waals surface area contributed by atoms with Crippen LogP contribution in [-0.4, -0.2) is 34.0 Å². The predicted octanol–water partition coefficient (Wildman–Crippen LogP) is 2.76. The predicted molar refractivity (Wildman–Crippen MR) is 108 cm³/mol. The highest BCUT2D eigenvalue weighted by atomic mass is 32.2. The molecular weight excluding hydrogens is 352 g/mol. The summed E-state index contributed by atoms with van der Waals surface area (Å²) in [5, 5.41) is 7.48. The summed E-state index contributed by atoms with van der Waals surface area (Å²) in [4.78, 5) is 10.3. The molecule has 0 saturated heterocycles. The molecule has 0 aliphatic rings. The third-order valence-corrected chi connectivity index (χ3v) is 5.95. The van der Waals surface area contributed by atoms with Gasteiger partial charge in [0.25, 0.3) is 0 Å². The molecule has 0 radical (unpaired) electrons. The Morgan fingerprint density at radius 2 is 2.00 bits per heavy atom.